The van der Waals surface area contributed by atoms with Crippen LogP contribution in [0.25, 0.3) is 0 Å². The Morgan fingerprint density at radius 2 is 2.35 bits per heavy atom. The number of nitrogens with two attached hydrogens (primary N) is 1. The summed E-state index contributed by atoms with van der Waals surface area (Å²) in [7, 11) is 0. The number of rotatable bonds is 3. The van der Waals surface area contributed by atoms with Gasteiger partial charge in [-0.2, -0.15) is 0 Å². The highest BCUT2D eigenvalue weighted by Crippen LogP contribution is 2.18. The van der Waals surface area contributed by atoms with Crippen LogP contribution in [0.4, 0.5) is 4.39 Å². The maximum absolute atomic E-state index is 13.0. The molecule has 0 aromatic heterocycles. The van der Waals surface area contributed by atoms with Gasteiger partial charge in [0.05, 0.1) is 5.92 Å². The van der Waals surface area contributed by atoms with Crippen molar-refractivity contribution in [3.05, 3.63) is 35.6 Å². The third-order valence-electron chi connectivity index (χ3n) is 3.20. The van der Waals surface area contributed by atoms with E-state index >= 15 is 0 Å². The van der Waals surface area contributed by atoms with Crippen LogP contribution in [0.1, 0.15) is 18.4 Å². The zero-order chi connectivity index (χ0) is 12.3. The van der Waals surface area contributed by atoms with Gasteiger partial charge in [0.25, 0.3) is 0 Å². The summed E-state index contributed by atoms with van der Waals surface area (Å²) in [4.78, 5) is 13.3. The Labute approximate surface area is 100 Å². The molecule has 0 aliphatic carbocycles. The Morgan fingerprint density at radius 1 is 1.53 bits per heavy atom. The standard InChI is InChI=1S/C13H17FN2O/c14-12-5-1-3-10(7-12)8-16-6-2-4-11(9-16)13(15)17/h1,3,5,7,11H,2,4,6,8-9H2,(H2,15,17). The van der Waals surface area contributed by atoms with Crippen LogP contribution >= 0.6 is 0 Å². The number of nitrogens with zero attached hydrogens (tertiary/aromatic N) is 1. The van der Waals surface area contributed by atoms with Crippen molar-refractivity contribution in [2.24, 2.45) is 11.7 Å². The topological polar surface area (TPSA) is 46.3 Å². The summed E-state index contributed by atoms with van der Waals surface area (Å²) in [6.45, 7) is 2.31. The molecule has 4 heteroatoms. The number of hydrogen-bond donors (Lipinski definition) is 1. The predicted molar refractivity (Wildman–Crippen MR) is 63.6 cm³/mol. The van der Waals surface area contributed by atoms with Gasteiger partial charge in [-0.25, -0.2) is 4.39 Å². The highest BCUT2D eigenvalue weighted by molar-refractivity contribution is 5.76. The lowest BCUT2D eigenvalue weighted by Crippen LogP contribution is -2.40. The minimum absolute atomic E-state index is 0.0580. The molecule has 1 amide bonds. The first kappa shape index (κ1) is 12.0. The van der Waals surface area contributed by atoms with Gasteiger partial charge in [-0.1, -0.05) is 12.1 Å². The third kappa shape index (κ3) is 3.27. The van der Waals surface area contributed by atoms with Gasteiger partial charge < -0.3 is 5.73 Å². The number of carbonyl (C=O) groups is 1. The molecule has 1 aliphatic rings. The average Bonchev–Trinajstić information content (AvgIpc) is 2.29. The summed E-state index contributed by atoms with van der Waals surface area (Å²) in [5.41, 5.74) is 6.26. The van der Waals surface area contributed by atoms with Crippen LogP contribution in [0.5, 0.6) is 0 Å². The number of benzene rings is 1. The van der Waals surface area contributed by atoms with Gasteiger partial charge in [0.1, 0.15) is 5.82 Å². The number of carbonyl (C=O) groups excluding carboxylic acids is 1. The Morgan fingerprint density at radius 3 is 3.06 bits per heavy atom. The van der Waals surface area contributed by atoms with E-state index in [2.05, 4.69) is 4.90 Å². The monoisotopic (exact) mass is 236 g/mol. The lowest BCUT2D eigenvalue weighted by Gasteiger charge is -2.31. The van der Waals surface area contributed by atoms with Crippen LogP contribution in [0.15, 0.2) is 24.3 Å². The van der Waals surface area contributed by atoms with Gasteiger partial charge in [0, 0.05) is 13.1 Å². The molecule has 1 aromatic carbocycles. The molecular formula is C13H17FN2O. The van der Waals surface area contributed by atoms with E-state index in [0.717, 1.165) is 24.9 Å². The fourth-order valence-corrected chi connectivity index (χ4v) is 2.32. The van der Waals surface area contributed by atoms with Crippen LogP contribution in [0.3, 0.4) is 0 Å². The van der Waals surface area contributed by atoms with Gasteiger partial charge in [-0.15, -0.1) is 0 Å². The van der Waals surface area contributed by atoms with Crippen molar-refractivity contribution in [3.63, 3.8) is 0 Å². The van der Waals surface area contributed by atoms with Crippen LogP contribution in [0, 0.1) is 11.7 Å². The van der Waals surface area contributed by atoms with Crippen molar-refractivity contribution in [2.45, 2.75) is 19.4 Å². The van der Waals surface area contributed by atoms with Gasteiger partial charge in [0.2, 0.25) is 5.91 Å². The fourth-order valence-electron chi connectivity index (χ4n) is 2.32. The summed E-state index contributed by atoms with van der Waals surface area (Å²) in [5.74, 6) is -0.503. The number of amides is 1. The summed E-state index contributed by atoms with van der Waals surface area (Å²) in [5, 5.41) is 0. The molecule has 1 atom stereocenters. The Kier molecular flexibility index (Phi) is 3.74. The lowest BCUT2D eigenvalue weighted by molar-refractivity contribution is -0.123. The second kappa shape index (κ2) is 5.27. The van der Waals surface area contributed by atoms with Gasteiger partial charge >= 0.3 is 0 Å². The minimum Gasteiger partial charge on any atom is -0.369 e. The molecule has 0 bridgehead atoms. The molecule has 1 saturated heterocycles. The van der Waals surface area contributed by atoms with Crippen molar-refractivity contribution in [3.8, 4) is 0 Å². The highest BCUT2D eigenvalue weighted by Gasteiger charge is 2.23. The first-order chi connectivity index (χ1) is 8.15. The Balaban J connectivity index is 1.97. The average molecular weight is 236 g/mol. The molecule has 1 fully saturated rings. The molecule has 17 heavy (non-hydrogen) atoms. The lowest BCUT2D eigenvalue weighted by atomic mass is 9.97. The first-order valence-corrected chi connectivity index (χ1v) is 5.91. The molecule has 0 spiro atoms. The van der Waals surface area contributed by atoms with Crippen LogP contribution in [-0.2, 0) is 11.3 Å². The molecule has 0 radical (unpaired) electrons. The smallest absolute Gasteiger partial charge is 0.221 e. The molecule has 3 nitrogen and oxygen atoms in total. The predicted octanol–water partition coefficient (Wildman–Crippen LogP) is 1.52. The maximum Gasteiger partial charge on any atom is 0.221 e. The number of hydrogen-bond acceptors (Lipinski definition) is 2. The van der Waals surface area contributed by atoms with Crippen molar-refractivity contribution in [2.75, 3.05) is 13.1 Å². The largest absolute Gasteiger partial charge is 0.369 e. The number of likely N-dealkylation sites (tertiary alicyclic amines) is 1. The third-order valence-corrected chi connectivity index (χ3v) is 3.20. The molecule has 1 aromatic rings. The van der Waals surface area contributed by atoms with Crippen LogP contribution in [0.2, 0.25) is 0 Å². The normalized spacial score (nSPS) is 21.4. The Bertz CT molecular complexity index is 408. The van der Waals surface area contributed by atoms with Gasteiger partial charge in [0.15, 0.2) is 0 Å². The van der Waals surface area contributed by atoms with E-state index in [9.17, 15) is 9.18 Å². The summed E-state index contributed by atoms with van der Waals surface area (Å²) in [6, 6.07) is 6.58. The minimum atomic E-state index is -0.228. The first-order valence-electron chi connectivity index (χ1n) is 5.91. The summed E-state index contributed by atoms with van der Waals surface area (Å²) >= 11 is 0. The number of halogens is 1. The van der Waals surface area contributed by atoms with E-state index in [4.69, 9.17) is 5.73 Å². The SMILES string of the molecule is NC(=O)C1CCCN(Cc2cccc(F)c2)C1. The molecule has 2 N–H and O–H groups in total. The maximum atomic E-state index is 13.0. The molecular weight excluding hydrogens is 219 g/mol. The van der Waals surface area contributed by atoms with E-state index < -0.39 is 0 Å². The second-order valence-corrected chi connectivity index (χ2v) is 4.61. The molecule has 1 unspecified atom stereocenters. The molecule has 92 valence electrons. The van der Waals surface area contributed by atoms with Crippen molar-refractivity contribution in [1.29, 1.82) is 0 Å². The number of piperidine rings is 1. The highest BCUT2D eigenvalue weighted by atomic mass is 19.1. The van der Waals surface area contributed by atoms with Gasteiger partial charge in [-0.05, 0) is 37.1 Å². The molecule has 1 aliphatic heterocycles. The van der Waals surface area contributed by atoms with E-state index in [1.54, 1.807) is 6.07 Å². The molecule has 1 heterocycles. The molecule has 2 rings (SSSR count). The van der Waals surface area contributed by atoms with E-state index in [0.29, 0.717) is 13.1 Å². The van der Waals surface area contributed by atoms with E-state index in [1.165, 1.54) is 12.1 Å². The fraction of sp³-hybridized carbons (Fsp3) is 0.462. The van der Waals surface area contributed by atoms with E-state index in [1.807, 2.05) is 6.07 Å². The zero-order valence-corrected chi connectivity index (χ0v) is 9.73. The van der Waals surface area contributed by atoms with Crippen LogP contribution < -0.4 is 5.73 Å². The summed E-state index contributed by atoms with van der Waals surface area (Å²) < 4.78 is 13.0. The summed E-state index contributed by atoms with van der Waals surface area (Å²) in [6.07, 6.45) is 1.85. The quantitative estimate of drug-likeness (QED) is 0.865. The van der Waals surface area contributed by atoms with Crippen molar-refractivity contribution in [1.82, 2.24) is 4.90 Å². The van der Waals surface area contributed by atoms with Crippen LogP contribution in [-0.4, -0.2) is 23.9 Å². The molecule has 0 saturated carbocycles. The number of primary amides is 1. The zero-order valence-electron chi connectivity index (χ0n) is 9.73. The second-order valence-electron chi connectivity index (χ2n) is 4.61. The Hall–Kier alpha value is -1.42. The van der Waals surface area contributed by atoms with E-state index in [-0.39, 0.29) is 17.6 Å². The van der Waals surface area contributed by atoms with Crippen molar-refractivity contribution >= 4 is 5.91 Å². The van der Waals surface area contributed by atoms with Crippen molar-refractivity contribution < 1.29 is 9.18 Å². The van der Waals surface area contributed by atoms with Gasteiger partial charge in [-0.3, -0.25) is 9.69 Å².